The molecule has 100 valence electrons. The highest BCUT2D eigenvalue weighted by molar-refractivity contribution is 5.93. The van der Waals surface area contributed by atoms with Crippen LogP contribution in [0.15, 0.2) is 18.2 Å². The molecule has 0 aliphatic carbocycles. The molecule has 18 heavy (non-hydrogen) atoms. The SMILES string of the molecule is Cc1cccc(C)c1NC(=O)CN(C)C(C)CO. The van der Waals surface area contributed by atoms with E-state index in [0.717, 1.165) is 16.8 Å². The first-order valence-electron chi connectivity index (χ1n) is 6.13. The van der Waals surface area contributed by atoms with Crippen molar-refractivity contribution < 1.29 is 9.90 Å². The van der Waals surface area contributed by atoms with Gasteiger partial charge in [-0.15, -0.1) is 0 Å². The Kier molecular flexibility index (Phi) is 5.31. The quantitative estimate of drug-likeness (QED) is 0.833. The Morgan fingerprint density at radius 2 is 1.94 bits per heavy atom. The van der Waals surface area contributed by atoms with Gasteiger partial charge in [-0.2, -0.15) is 0 Å². The number of hydrogen-bond donors (Lipinski definition) is 2. The summed E-state index contributed by atoms with van der Waals surface area (Å²) in [6, 6.07) is 5.90. The fraction of sp³-hybridized carbons (Fsp3) is 0.500. The number of carbonyl (C=O) groups excluding carboxylic acids is 1. The van der Waals surface area contributed by atoms with Gasteiger partial charge in [-0.05, 0) is 38.9 Å². The number of hydrogen-bond acceptors (Lipinski definition) is 3. The number of anilines is 1. The third-order valence-electron chi connectivity index (χ3n) is 3.16. The zero-order valence-electron chi connectivity index (χ0n) is 11.5. The molecule has 4 nitrogen and oxygen atoms in total. The molecule has 0 radical (unpaired) electrons. The van der Waals surface area contributed by atoms with E-state index in [1.165, 1.54) is 0 Å². The van der Waals surface area contributed by atoms with Gasteiger partial charge in [0.1, 0.15) is 0 Å². The van der Waals surface area contributed by atoms with E-state index >= 15 is 0 Å². The lowest BCUT2D eigenvalue weighted by Gasteiger charge is -2.22. The maximum Gasteiger partial charge on any atom is 0.238 e. The van der Waals surface area contributed by atoms with E-state index in [1.807, 2.05) is 50.9 Å². The number of aryl methyl sites for hydroxylation is 2. The Morgan fingerprint density at radius 1 is 1.39 bits per heavy atom. The minimum Gasteiger partial charge on any atom is -0.395 e. The second-order valence-corrected chi connectivity index (χ2v) is 4.76. The number of nitrogens with one attached hydrogen (secondary N) is 1. The predicted molar refractivity (Wildman–Crippen MR) is 73.7 cm³/mol. The topological polar surface area (TPSA) is 52.6 Å². The molecule has 1 aromatic rings. The Labute approximate surface area is 109 Å². The molecule has 1 atom stereocenters. The van der Waals surface area contributed by atoms with Gasteiger partial charge in [-0.25, -0.2) is 0 Å². The summed E-state index contributed by atoms with van der Waals surface area (Å²) in [7, 11) is 1.82. The van der Waals surface area contributed by atoms with Gasteiger partial charge in [0.25, 0.3) is 0 Å². The molecule has 1 amide bonds. The van der Waals surface area contributed by atoms with Gasteiger partial charge in [0, 0.05) is 11.7 Å². The zero-order valence-corrected chi connectivity index (χ0v) is 11.5. The Balaban J connectivity index is 2.65. The molecule has 0 aliphatic heterocycles. The van der Waals surface area contributed by atoms with E-state index in [-0.39, 0.29) is 25.1 Å². The highest BCUT2D eigenvalue weighted by Gasteiger charge is 2.13. The summed E-state index contributed by atoms with van der Waals surface area (Å²) in [4.78, 5) is 13.7. The lowest BCUT2D eigenvalue weighted by atomic mass is 10.1. The average molecular weight is 250 g/mol. The first kappa shape index (κ1) is 14.7. The number of para-hydroxylation sites is 1. The van der Waals surface area contributed by atoms with E-state index in [1.54, 1.807) is 0 Å². The Hall–Kier alpha value is -1.39. The normalized spacial score (nSPS) is 12.6. The van der Waals surface area contributed by atoms with Crippen LogP contribution in [0.25, 0.3) is 0 Å². The van der Waals surface area contributed by atoms with Crippen molar-refractivity contribution in [3.63, 3.8) is 0 Å². The van der Waals surface area contributed by atoms with Crippen molar-refractivity contribution in [1.29, 1.82) is 0 Å². The van der Waals surface area contributed by atoms with Gasteiger partial charge < -0.3 is 10.4 Å². The summed E-state index contributed by atoms with van der Waals surface area (Å²) in [5.41, 5.74) is 3.00. The lowest BCUT2D eigenvalue weighted by Crippen LogP contribution is -2.38. The number of aliphatic hydroxyl groups is 1. The highest BCUT2D eigenvalue weighted by Crippen LogP contribution is 2.19. The summed E-state index contributed by atoms with van der Waals surface area (Å²) in [6.45, 7) is 6.15. The number of benzene rings is 1. The van der Waals surface area contributed by atoms with Crippen LogP contribution in [0, 0.1) is 13.8 Å². The Morgan fingerprint density at radius 3 is 2.44 bits per heavy atom. The van der Waals surface area contributed by atoms with Crippen molar-refractivity contribution in [3.05, 3.63) is 29.3 Å². The number of carbonyl (C=O) groups is 1. The van der Waals surface area contributed by atoms with Crippen LogP contribution < -0.4 is 5.32 Å². The molecule has 0 fully saturated rings. The molecule has 0 saturated carbocycles. The fourth-order valence-corrected chi connectivity index (χ4v) is 1.71. The first-order chi connectivity index (χ1) is 8.45. The summed E-state index contributed by atoms with van der Waals surface area (Å²) in [5.74, 6) is -0.0600. The van der Waals surface area contributed by atoms with Crippen molar-refractivity contribution in [2.75, 3.05) is 25.5 Å². The highest BCUT2D eigenvalue weighted by atomic mass is 16.3. The lowest BCUT2D eigenvalue weighted by molar-refractivity contribution is -0.117. The second kappa shape index (κ2) is 6.52. The maximum atomic E-state index is 11.9. The van der Waals surface area contributed by atoms with Gasteiger partial charge in [0.05, 0.1) is 13.2 Å². The van der Waals surface area contributed by atoms with Crippen molar-refractivity contribution in [2.24, 2.45) is 0 Å². The summed E-state index contributed by atoms with van der Waals surface area (Å²) < 4.78 is 0. The first-order valence-corrected chi connectivity index (χ1v) is 6.13. The van der Waals surface area contributed by atoms with Crippen LogP contribution in [0.5, 0.6) is 0 Å². The smallest absolute Gasteiger partial charge is 0.238 e. The third kappa shape index (κ3) is 3.82. The standard InChI is InChI=1S/C14H22N2O2/c1-10-6-5-7-11(2)14(10)15-13(18)8-16(4)12(3)9-17/h5-7,12,17H,8-9H2,1-4H3,(H,15,18). The van der Waals surface area contributed by atoms with E-state index < -0.39 is 0 Å². The molecule has 0 saturated heterocycles. The van der Waals surface area contributed by atoms with Crippen LogP contribution in [-0.4, -0.2) is 42.2 Å². The zero-order chi connectivity index (χ0) is 13.7. The largest absolute Gasteiger partial charge is 0.395 e. The van der Waals surface area contributed by atoms with E-state index in [0.29, 0.717) is 0 Å². The number of aliphatic hydroxyl groups excluding tert-OH is 1. The van der Waals surface area contributed by atoms with Crippen molar-refractivity contribution in [2.45, 2.75) is 26.8 Å². The molecule has 0 spiro atoms. The maximum absolute atomic E-state index is 11.9. The van der Waals surface area contributed by atoms with Crippen LogP contribution in [0.3, 0.4) is 0 Å². The van der Waals surface area contributed by atoms with Crippen LogP contribution in [-0.2, 0) is 4.79 Å². The number of amides is 1. The molecule has 4 heteroatoms. The molecule has 2 N–H and O–H groups in total. The molecule has 1 rings (SSSR count). The number of likely N-dealkylation sites (N-methyl/N-ethyl adjacent to an activating group) is 1. The minimum atomic E-state index is -0.0600. The molecule has 1 aromatic carbocycles. The van der Waals surface area contributed by atoms with E-state index in [9.17, 15) is 4.79 Å². The number of nitrogens with zero attached hydrogens (tertiary/aromatic N) is 1. The number of rotatable bonds is 5. The summed E-state index contributed by atoms with van der Waals surface area (Å²) in [5, 5.41) is 11.9. The van der Waals surface area contributed by atoms with Gasteiger partial charge in [-0.3, -0.25) is 9.69 Å². The molecule has 0 bridgehead atoms. The van der Waals surface area contributed by atoms with Gasteiger partial charge >= 0.3 is 0 Å². The van der Waals surface area contributed by atoms with Crippen molar-refractivity contribution in [1.82, 2.24) is 4.90 Å². The van der Waals surface area contributed by atoms with Crippen LogP contribution in [0.2, 0.25) is 0 Å². The summed E-state index contributed by atoms with van der Waals surface area (Å²) >= 11 is 0. The van der Waals surface area contributed by atoms with Gasteiger partial charge in [0.15, 0.2) is 0 Å². The van der Waals surface area contributed by atoms with Crippen molar-refractivity contribution >= 4 is 11.6 Å². The average Bonchev–Trinajstić information content (AvgIpc) is 2.32. The molecule has 0 heterocycles. The van der Waals surface area contributed by atoms with Crippen LogP contribution >= 0.6 is 0 Å². The molecule has 0 aromatic heterocycles. The Bertz CT molecular complexity index is 398. The fourth-order valence-electron chi connectivity index (χ4n) is 1.71. The monoisotopic (exact) mass is 250 g/mol. The molecular weight excluding hydrogens is 228 g/mol. The molecular formula is C14H22N2O2. The van der Waals surface area contributed by atoms with Gasteiger partial charge in [-0.1, -0.05) is 18.2 Å². The van der Waals surface area contributed by atoms with Gasteiger partial charge in [0.2, 0.25) is 5.91 Å². The minimum absolute atomic E-state index is 0.0197. The molecule has 0 aliphatic rings. The summed E-state index contributed by atoms with van der Waals surface area (Å²) in [6.07, 6.45) is 0. The van der Waals surface area contributed by atoms with Crippen molar-refractivity contribution in [3.8, 4) is 0 Å². The van der Waals surface area contributed by atoms with E-state index in [4.69, 9.17) is 5.11 Å². The second-order valence-electron chi connectivity index (χ2n) is 4.76. The van der Waals surface area contributed by atoms with E-state index in [2.05, 4.69) is 5.32 Å². The van der Waals surface area contributed by atoms with Crippen LogP contribution in [0.4, 0.5) is 5.69 Å². The third-order valence-corrected chi connectivity index (χ3v) is 3.16. The van der Waals surface area contributed by atoms with Crippen LogP contribution in [0.1, 0.15) is 18.1 Å². The predicted octanol–water partition coefficient (Wildman–Crippen LogP) is 1.55. The molecule has 1 unspecified atom stereocenters.